The molecule has 1 aliphatic rings. The average Bonchev–Trinajstić information content (AvgIpc) is 3.65. The second-order valence-electron chi connectivity index (χ2n) is 6.83. The standard InChI is InChI=1S/C16H25NO17.12C2H4/c1-16(11-18,12-23-25-27-29-31-33-34-32-30-28-26-24-22-2)10-13(19)6-4-3-5-9-17-14(20)7-8-15(17)21;12*1-2/h7-8,18H,3-6,9-12H2,1-2H3;12*1-2H2. The minimum absolute atomic E-state index is 0.00721. The summed E-state index contributed by atoms with van der Waals surface area (Å²) in [7, 11) is 1.11. The van der Waals surface area contributed by atoms with Crippen LogP contribution in [0.3, 0.4) is 0 Å². The van der Waals surface area contributed by atoms with Crippen LogP contribution in [0.1, 0.15) is 39.0 Å². The minimum Gasteiger partial charge on any atom is -0.396 e. The lowest BCUT2D eigenvalue weighted by Crippen LogP contribution is -2.31. The van der Waals surface area contributed by atoms with E-state index >= 15 is 0 Å². The average molecular weight is 840 g/mol. The van der Waals surface area contributed by atoms with E-state index in [-0.39, 0.29) is 43.7 Å². The van der Waals surface area contributed by atoms with Gasteiger partial charge in [-0.2, -0.15) is 0 Å². The van der Waals surface area contributed by atoms with Crippen molar-refractivity contribution in [3.05, 3.63) is 170 Å². The molecule has 1 unspecified atom stereocenters. The normalized spacial score (nSPS) is 9.81. The number of aliphatic hydroxyl groups is 1. The SMILES string of the molecule is C=C.C=C.C=C.C=C.C=C.C=C.C=C.C=C.C=C.C=C.C=C.C=C.COOOOOOOOOOOOOCC(C)(CO)CC(=O)CCCCCN1C(=O)C=CC1=O. The third-order valence-electron chi connectivity index (χ3n) is 4.04. The van der Waals surface area contributed by atoms with Crippen LogP contribution in [0.2, 0.25) is 0 Å². The summed E-state index contributed by atoms with van der Waals surface area (Å²) in [5, 5.41) is 50.9. The summed E-state index contributed by atoms with van der Waals surface area (Å²) in [5.74, 6) is -0.789. The van der Waals surface area contributed by atoms with Crippen LogP contribution in [-0.4, -0.2) is 54.5 Å². The Kier molecular flexibility index (Phi) is 153. The lowest BCUT2D eigenvalue weighted by atomic mass is 9.85. The van der Waals surface area contributed by atoms with Gasteiger partial charge >= 0.3 is 0 Å². The molecule has 0 radical (unpaired) electrons. The highest BCUT2D eigenvalue weighted by Crippen LogP contribution is 2.23. The summed E-state index contributed by atoms with van der Waals surface area (Å²) in [6.45, 7) is 73.2. The monoisotopic (exact) mass is 839 g/mol. The first-order valence-corrected chi connectivity index (χ1v) is 15.6. The highest BCUT2D eigenvalue weighted by atomic mass is 18.0. The number of Topliss-reactive ketones (excluding diaryl/α,β-unsaturated/α-hetero) is 1. The van der Waals surface area contributed by atoms with Crippen molar-refractivity contribution in [3.8, 4) is 0 Å². The predicted octanol–water partition coefficient (Wildman–Crippen LogP) is 9.88. The summed E-state index contributed by atoms with van der Waals surface area (Å²) in [4.78, 5) is 44.8. The number of nitrogens with zero attached hydrogens (tertiary/aromatic N) is 1. The molecule has 0 aromatic heterocycles. The van der Waals surface area contributed by atoms with Crippen LogP contribution in [-0.2, 0) is 79.6 Å². The third-order valence-corrected chi connectivity index (χ3v) is 4.04. The summed E-state index contributed by atoms with van der Waals surface area (Å²) in [6.07, 6.45) is 4.49. The van der Waals surface area contributed by atoms with Gasteiger partial charge in [0.1, 0.15) is 5.78 Å². The molecule has 18 nitrogen and oxygen atoms in total. The number of hydrogen-bond donors (Lipinski definition) is 1. The van der Waals surface area contributed by atoms with Crippen LogP contribution in [0.25, 0.3) is 0 Å². The van der Waals surface area contributed by atoms with Crippen molar-refractivity contribution in [2.24, 2.45) is 5.41 Å². The van der Waals surface area contributed by atoms with Gasteiger partial charge in [0.2, 0.25) is 0 Å². The zero-order valence-electron chi connectivity index (χ0n) is 35.2. The Morgan fingerprint density at radius 2 is 0.845 bits per heavy atom. The molecule has 0 saturated heterocycles. The summed E-state index contributed by atoms with van der Waals surface area (Å²) < 4.78 is 0. The van der Waals surface area contributed by atoms with Gasteiger partial charge in [0, 0.05) is 37.0 Å². The molecule has 0 aromatic rings. The number of carbonyl (C=O) groups excluding carboxylic acids is 3. The fraction of sp³-hybridized carbons (Fsp3) is 0.275. The van der Waals surface area contributed by atoms with E-state index in [2.05, 4.69) is 223 Å². The van der Waals surface area contributed by atoms with Gasteiger partial charge in [-0.1, -0.05) is 13.3 Å². The van der Waals surface area contributed by atoms with E-state index in [9.17, 15) is 19.5 Å². The fourth-order valence-electron chi connectivity index (χ4n) is 2.45. The van der Waals surface area contributed by atoms with E-state index in [1.165, 1.54) is 12.2 Å². The van der Waals surface area contributed by atoms with E-state index in [1.807, 2.05) is 0 Å². The first kappa shape index (κ1) is 85.2. The minimum atomic E-state index is -0.971. The number of ketones is 1. The van der Waals surface area contributed by atoms with Crippen molar-refractivity contribution in [2.45, 2.75) is 39.0 Å². The van der Waals surface area contributed by atoms with Crippen molar-refractivity contribution < 1.29 is 84.7 Å². The molecule has 0 spiro atoms. The molecule has 1 heterocycles. The fourth-order valence-corrected chi connectivity index (χ4v) is 2.45. The van der Waals surface area contributed by atoms with Crippen LogP contribution in [0.5, 0.6) is 0 Å². The Morgan fingerprint density at radius 1 is 0.534 bits per heavy atom. The Morgan fingerprint density at radius 3 is 1.16 bits per heavy atom. The van der Waals surface area contributed by atoms with E-state index in [0.717, 1.165) is 12.0 Å². The van der Waals surface area contributed by atoms with Crippen molar-refractivity contribution in [1.82, 2.24) is 4.90 Å². The number of aliphatic hydroxyl groups excluding tert-OH is 1. The second-order valence-corrected chi connectivity index (χ2v) is 6.83. The van der Waals surface area contributed by atoms with Crippen LogP contribution in [0, 0.1) is 5.41 Å². The Bertz CT molecular complexity index is 763. The van der Waals surface area contributed by atoms with Crippen molar-refractivity contribution in [1.29, 1.82) is 0 Å². The molecule has 0 fully saturated rings. The molecule has 58 heavy (non-hydrogen) atoms. The molecular formula is C40H73NO17. The molecule has 1 rings (SSSR count). The van der Waals surface area contributed by atoms with Gasteiger partial charge in [-0.25, -0.2) is 9.78 Å². The van der Waals surface area contributed by atoms with Gasteiger partial charge in [0.25, 0.3) is 11.8 Å². The first-order chi connectivity index (χ1) is 28.4. The topological polar surface area (TPSA) is 195 Å². The zero-order chi connectivity index (χ0) is 49.1. The molecule has 18 heteroatoms. The number of unbranched alkanes of at least 4 members (excludes halogenated alkanes) is 2. The molecule has 1 N–H and O–H groups in total. The van der Waals surface area contributed by atoms with Gasteiger partial charge in [-0.05, 0) is 68.3 Å². The van der Waals surface area contributed by atoms with Gasteiger partial charge < -0.3 is 5.11 Å². The molecule has 340 valence electrons. The number of imide groups is 1. The molecule has 0 bridgehead atoms. The number of hydrogen-bond acceptors (Lipinski definition) is 17. The van der Waals surface area contributed by atoms with Gasteiger partial charge in [-0.15, -0.1) is 158 Å². The summed E-state index contributed by atoms with van der Waals surface area (Å²) in [6, 6.07) is 0. The quantitative estimate of drug-likeness (QED) is 0.0335. The van der Waals surface area contributed by atoms with E-state index in [4.69, 9.17) is 0 Å². The Hall–Kier alpha value is -5.13. The molecular weight excluding hydrogens is 766 g/mol. The highest BCUT2D eigenvalue weighted by Gasteiger charge is 2.28. The zero-order valence-corrected chi connectivity index (χ0v) is 35.2. The molecule has 0 aliphatic carbocycles. The summed E-state index contributed by atoms with van der Waals surface area (Å²) in [5.41, 5.74) is -0.971. The van der Waals surface area contributed by atoms with E-state index < -0.39 is 5.41 Å². The molecule has 1 aliphatic heterocycles. The third kappa shape index (κ3) is 79.6. The molecule has 2 amide bonds. The van der Waals surface area contributed by atoms with E-state index in [0.29, 0.717) is 25.8 Å². The lowest BCUT2D eigenvalue weighted by Gasteiger charge is -2.24. The van der Waals surface area contributed by atoms with Gasteiger partial charge in [0.15, 0.2) is 0 Å². The summed E-state index contributed by atoms with van der Waals surface area (Å²) >= 11 is 0. The Balaban J connectivity index is -0.0000000750. The van der Waals surface area contributed by atoms with Crippen LogP contribution in [0.4, 0.5) is 0 Å². The van der Waals surface area contributed by atoms with Crippen molar-refractivity contribution in [3.63, 3.8) is 0 Å². The maximum absolute atomic E-state index is 12.2. The molecule has 0 saturated carbocycles. The smallest absolute Gasteiger partial charge is 0.253 e. The van der Waals surface area contributed by atoms with Crippen LogP contribution >= 0.6 is 0 Å². The maximum Gasteiger partial charge on any atom is 0.253 e. The largest absolute Gasteiger partial charge is 0.396 e. The van der Waals surface area contributed by atoms with Crippen molar-refractivity contribution in [2.75, 3.05) is 26.9 Å². The van der Waals surface area contributed by atoms with Crippen LogP contribution < -0.4 is 0 Å². The highest BCUT2D eigenvalue weighted by molar-refractivity contribution is 6.12. The molecule has 0 aromatic carbocycles. The second kappa shape index (κ2) is 104. The predicted molar refractivity (Wildman–Crippen MR) is 229 cm³/mol. The van der Waals surface area contributed by atoms with Crippen molar-refractivity contribution >= 4 is 17.6 Å². The Labute approximate surface area is 348 Å². The maximum atomic E-state index is 12.2. The van der Waals surface area contributed by atoms with Crippen LogP contribution in [0.15, 0.2) is 170 Å². The van der Waals surface area contributed by atoms with Gasteiger partial charge in [0.05, 0.1) is 20.3 Å². The number of amides is 2. The lowest BCUT2D eigenvalue weighted by molar-refractivity contribution is -0.869. The first-order valence-electron chi connectivity index (χ1n) is 15.6. The molecule has 1 atom stereocenters. The number of rotatable bonds is 23. The van der Waals surface area contributed by atoms with E-state index in [1.54, 1.807) is 6.92 Å². The van der Waals surface area contributed by atoms with Gasteiger partial charge in [-0.3, -0.25) is 19.3 Å². The number of carbonyl (C=O) groups is 3.